The maximum atomic E-state index is 11.8. The van der Waals surface area contributed by atoms with Crippen LogP contribution in [0.1, 0.15) is 38.9 Å². The monoisotopic (exact) mass is 332 g/mol. The van der Waals surface area contributed by atoms with Gasteiger partial charge in [0.05, 0.1) is 16.6 Å². The van der Waals surface area contributed by atoms with Gasteiger partial charge in [-0.2, -0.15) is 0 Å². The highest BCUT2D eigenvalue weighted by Crippen LogP contribution is 2.15. The molecule has 0 saturated heterocycles. The summed E-state index contributed by atoms with van der Waals surface area (Å²) < 4.78 is 2.17. The number of aryl methyl sites for hydroxylation is 2. The third-order valence-electron chi connectivity index (χ3n) is 4.58. The molecule has 0 fully saturated rings. The summed E-state index contributed by atoms with van der Waals surface area (Å²) in [6, 6.07) is 7.83. The number of amides is 2. The van der Waals surface area contributed by atoms with Crippen molar-refractivity contribution in [3.63, 3.8) is 0 Å². The number of imidazole rings is 1. The van der Waals surface area contributed by atoms with Gasteiger partial charge in [0.2, 0.25) is 0 Å². The fourth-order valence-electron chi connectivity index (χ4n) is 2.72. The zero-order chi connectivity index (χ0) is 17.6. The standard InChI is InChI=1S/C18H28N4O2/c1-4-18(24,5-2)13-20-17(23)19-11-8-12-22-14(3)21-15-9-6-7-10-16(15)22/h6-7,9-10,24H,4-5,8,11-13H2,1-3H3,(H2,19,20,23). The van der Waals surface area contributed by atoms with Gasteiger partial charge in [-0.15, -0.1) is 0 Å². The van der Waals surface area contributed by atoms with E-state index in [-0.39, 0.29) is 12.6 Å². The van der Waals surface area contributed by atoms with E-state index >= 15 is 0 Å². The van der Waals surface area contributed by atoms with Gasteiger partial charge >= 0.3 is 6.03 Å². The molecule has 0 bridgehead atoms. The highest BCUT2D eigenvalue weighted by Gasteiger charge is 2.22. The van der Waals surface area contributed by atoms with Crippen molar-refractivity contribution in [3.05, 3.63) is 30.1 Å². The lowest BCUT2D eigenvalue weighted by Gasteiger charge is -2.25. The fourth-order valence-corrected chi connectivity index (χ4v) is 2.72. The van der Waals surface area contributed by atoms with Gasteiger partial charge in [0.1, 0.15) is 5.82 Å². The minimum absolute atomic E-state index is 0.234. The lowest BCUT2D eigenvalue weighted by atomic mass is 9.98. The third-order valence-corrected chi connectivity index (χ3v) is 4.58. The molecule has 1 aromatic carbocycles. The van der Waals surface area contributed by atoms with E-state index in [1.165, 1.54) is 0 Å². The number of hydrogen-bond acceptors (Lipinski definition) is 3. The Kier molecular flexibility index (Phi) is 6.20. The van der Waals surface area contributed by atoms with E-state index in [4.69, 9.17) is 0 Å². The first-order valence-corrected chi connectivity index (χ1v) is 8.65. The van der Waals surface area contributed by atoms with Gasteiger partial charge in [0.15, 0.2) is 0 Å². The Morgan fingerprint density at radius 2 is 1.96 bits per heavy atom. The Balaban J connectivity index is 1.76. The molecular weight excluding hydrogens is 304 g/mol. The van der Waals surface area contributed by atoms with Crippen LogP contribution in [0, 0.1) is 6.92 Å². The van der Waals surface area contributed by atoms with Crippen molar-refractivity contribution in [2.75, 3.05) is 13.1 Å². The second-order valence-corrected chi connectivity index (χ2v) is 6.19. The van der Waals surface area contributed by atoms with E-state index in [2.05, 4.69) is 26.3 Å². The molecule has 2 aromatic rings. The lowest BCUT2D eigenvalue weighted by molar-refractivity contribution is 0.0349. The van der Waals surface area contributed by atoms with Gasteiger partial charge in [0.25, 0.3) is 0 Å². The maximum absolute atomic E-state index is 11.8. The van der Waals surface area contributed by atoms with Crippen molar-refractivity contribution < 1.29 is 9.90 Å². The first-order chi connectivity index (χ1) is 11.5. The van der Waals surface area contributed by atoms with Crippen LogP contribution >= 0.6 is 0 Å². The Morgan fingerprint density at radius 3 is 2.67 bits per heavy atom. The number of para-hydroxylation sites is 2. The summed E-state index contributed by atoms with van der Waals surface area (Å²) in [4.78, 5) is 16.3. The molecule has 3 N–H and O–H groups in total. The van der Waals surface area contributed by atoms with Crippen molar-refractivity contribution in [2.45, 2.75) is 52.2 Å². The number of carbonyl (C=O) groups is 1. The Hall–Kier alpha value is -2.08. The zero-order valence-electron chi connectivity index (χ0n) is 14.8. The summed E-state index contributed by atoms with van der Waals surface area (Å²) in [5, 5.41) is 15.7. The number of benzene rings is 1. The molecule has 6 heteroatoms. The van der Waals surface area contributed by atoms with Gasteiger partial charge in [-0.1, -0.05) is 26.0 Å². The van der Waals surface area contributed by atoms with Crippen LogP contribution in [0.4, 0.5) is 4.79 Å². The van der Waals surface area contributed by atoms with E-state index in [1.54, 1.807) is 0 Å². The molecule has 0 aliphatic heterocycles. The Bertz CT molecular complexity index is 677. The highest BCUT2D eigenvalue weighted by molar-refractivity contribution is 5.76. The quantitative estimate of drug-likeness (QED) is 0.650. The van der Waals surface area contributed by atoms with E-state index in [0.29, 0.717) is 19.4 Å². The number of carbonyl (C=O) groups excluding carboxylic acids is 1. The molecule has 2 amide bonds. The maximum Gasteiger partial charge on any atom is 0.314 e. The number of rotatable bonds is 8. The van der Waals surface area contributed by atoms with E-state index in [0.717, 1.165) is 29.8 Å². The molecule has 0 radical (unpaired) electrons. The summed E-state index contributed by atoms with van der Waals surface area (Å²) in [5.74, 6) is 0.983. The molecule has 0 saturated carbocycles. The first-order valence-electron chi connectivity index (χ1n) is 8.65. The summed E-state index contributed by atoms with van der Waals surface area (Å²) in [6.07, 6.45) is 2.06. The van der Waals surface area contributed by atoms with Crippen LogP contribution in [0.5, 0.6) is 0 Å². The number of fused-ring (bicyclic) bond motifs is 1. The van der Waals surface area contributed by atoms with Crippen molar-refractivity contribution >= 4 is 17.1 Å². The molecule has 0 aliphatic carbocycles. The summed E-state index contributed by atoms with van der Waals surface area (Å²) in [7, 11) is 0. The molecule has 0 unspecified atom stereocenters. The number of nitrogens with zero attached hydrogens (tertiary/aromatic N) is 2. The molecule has 132 valence electrons. The van der Waals surface area contributed by atoms with Crippen LogP contribution in [-0.4, -0.2) is 39.4 Å². The van der Waals surface area contributed by atoms with Crippen molar-refractivity contribution in [1.29, 1.82) is 0 Å². The van der Waals surface area contributed by atoms with Gasteiger partial charge in [-0.05, 0) is 38.3 Å². The zero-order valence-corrected chi connectivity index (χ0v) is 14.8. The number of aromatic nitrogens is 2. The number of hydrogen-bond donors (Lipinski definition) is 3. The van der Waals surface area contributed by atoms with Crippen LogP contribution < -0.4 is 10.6 Å². The predicted octanol–water partition coefficient (Wildman–Crippen LogP) is 2.59. The van der Waals surface area contributed by atoms with Crippen LogP contribution in [0.25, 0.3) is 11.0 Å². The van der Waals surface area contributed by atoms with Crippen LogP contribution in [0.2, 0.25) is 0 Å². The van der Waals surface area contributed by atoms with Crippen molar-refractivity contribution in [2.24, 2.45) is 0 Å². The minimum Gasteiger partial charge on any atom is -0.388 e. The predicted molar refractivity (Wildman–Crippen MR) is 96.0 cm³/mol. The van der Waals surface area contributed by atoms with Crippen molar-refractivity contribution in [1.82, 2.24) is 20.2 Å². The fraction of sp³-hybridized carbons (Fsp3) is 0.556. The molecule has 0 spiro atoms. The average Bonchev–Trinajstić information content (AvgIpc) is 2.92. The largest absolute Gasteiger partial charge is 0.388 e. The third kappa shape index (κ3) is 4.47. The molecule has 0 aliphatic rings. The Morgan fingerprint density at radius 1 is 1.25 bits per heavy atom. The molecular formula is C18H28N4O2. The smallest absolute Gasteiger partial charge is 0.314 e. The van der Waals surface area contributed by atoms with Gasteiger partial charge in [0, 0.05) is 19.6 Å². The number of nitrogens with one attached hydrogen (secondary N) is 2. The second kappa shape index (κ2) is 8.15. The van der Waals surface area contributed by atoms with Gasteiger partial charge < -0.3 is 20.3 Å². The summed E-state index contributed by atoms with van der Waals surface area (Å²) in [5.41, 5.74) is 1.30. The van der Waals surface area contributed by atoms with Gasteiger partial charge in [-0.25, -0.2) is 9.78 Å². The first kappa shape index (κ1) is 18.3. The number of urea groups is 1. The Labute approximate surface area is 143 Å². The molecule has 1 heterocycles. The molecule has 6 nitrogen and oxygen atoms in total. The normalized spacial score (nSPS) is 11.7. The second-order valence-electron chi connectivity index (χ2n) is 6.19. The highest BCUT2D eigenvalue weighted by atomic mass is 16.3. The van der Waals surface area contributed by atoms with Gasteiger partial charge in [-0.3, -0.25) is 0 Å². The molecule has 1 aromatic heterocycles. The van der Waals surface area contributed by atoms with Crippen LogP contribution in [0.15, 0.2) is 24.3 Å². The van der Waals surface area contributed by atoms with E-state index in [1.807, 2.05) is 39.0 Å². The van der Waals surface area contributed by atoms with E-state index < -0.39 is 5.60 Å². The topological polar surface area (TPSA) is 79.2 Å². The van der Waals surface area contributed by atoms with Crippen LogP contribution in [-0.2, 0) is 6.54 Å². The molecule has 2 rings (SSSR count). The summed E-state index contributed by atoms with van der Waals surface area (Å²) in [6.45, 7) is 7.49. The van der Waals surface area contributed by atoms with Crippen LogP contribution in [0.3, 0.4) is 0 Å². The SMILES string of the molecule is CCC(O)(CC)CNC(=O)NCCCn1c(C)nc2ccccc21. The minimum atomic E-state index is -0.815. The van der Waals surface area contributed by atoms with Crippen molar-refractivity contribution in [3.8, 4) is 0 Å². The number of aliphatic hydroxyl groups is 1. The molecule has 24 heavy (non-hydrogen) atoms. The van der Waals surface area contributed by atoms with E-state index in [9.17, 15) is 9.90 Å². The lowest BCUT2D eigenvalue weighted by Crippen LogP contribution is -2.46. The molecule has 0 atom stereocenters. The summed E-state index contributed by atoms with van der Waals surface area (Å²) >= 11 is 0. The average molecular weight is 332 g/mol.